The molecule has 38 heavy (non-hydrogen) atoms. The smallest absolute Gasteiger partial charge is 0.239 e. The van der Waals surface area contributed by atoms with Gasteiger partial charge in [0.25, 0.3) is 0 Å². The number of fused-ring (bicyclic) bond motifs is 5. The number of imide groups is 1. The number of nitrogens with two attached hydrogens (primary N) is 1. The molecule has 1 aromatic heterocycles. The van der Waals surface area contributed by atoms with Crippen molar-refractivity contribution in [1.29, 1.82) is 0 Å². The molecule has 0 unspecified atom stereocenters. The van der Waals surface area contributed by atoms with Crippen LogP contribution < -0.4 is 19.9 Å². The van der Waals surface area contributed by atoms with E-state index in [1.54, 1.807) is 21.3 Å². The number of anilines is 1. The third-order valence-corrected chi connectivity index (χ3v) is 7.83. The highest BCUT2D eigenvalue weighted by atomic mass is 16.5. The van der Waals surface area contributed by atoms with Crippen molar-refractivity contribution in [3.8, 4) is 17.2 Å². The van der Waals surface area contributed by atoms with Crippen LogP contribution in [0.25, 0.3) is 10.9 Å². The molecule has 3 N–H and O–H groups in total. The molecular weight excluding hydrogens is 482 g/mol. The molecule has 6 rings (SSSR count). The first-order valence-electron chi connectivity index (χ1n) is 12.5. The quantitative estimate of drug-likeness (QED) is 0.290. The van der Waals surface area contributed by atoms with Crippen LogP contribution in [0.4, 0.5) is 5.69 Å². The Morgan fingerprint density at radius 2 is 1.63 bits per heavy atom. The Hall–Kier alpha value is -4.46. The third-order valence-electron chi connectivity index (χ3n) is 7.83. The van der Waals surface area contributed by atoms with E-state index < -0.39 is 11.8 Å². The van der Waals surface area contributed by atoms with Crippen LogP contribution in [0.15, 0.2) is 60.7 Å². The minimum absolute atomic E-state index is 0.148. The number of amides is 2. The highest BCUT2D eigenvalue weighted by Gasteiger charge is 2.53. The highest BCUT2D eigenvalue weighted by molar-refractivity contribution is 6.09. The Bertz CT molecular complexity index is 1540. The number of aromatic nitrogens is 1. The molecule has 1 aliphatic carbocycles. The van der Waals surface area contributed by atoms with Gasteiger partial charge in [-0.3, -0.25) is 14.5 Å². The number of benzene rings is 3. The molecule has 194 valence electrons. The number of H-pyrrole nitrogens is 1. The number of ether oxygens (including phenoxy) is 3. The minimum atomic E-state index is -0.576. The Morgan fingerprint density at radius 1 is 0.921 bits per heavy atom. The average molecular weight is 512 g/mol. The van der Waals surface area contributed by atoms with Crippen LogP contribution in [-0.2, 0) is 16.1 Å². The summed E-state index contributed by atoms with van der Waals surface area (Å²) in [4.78, 5) is 32.4. The number of carbonyl (C=O) groups excluding carboxylic acids is 2. The summed E-state index contributed by atoms with van der Waals surface area (Å²) in [5.41, 5.74) is 11.3. The molecular formula is C30H29N3O5. The number of nitrogen functional groups attached to an aromatic ring is 1. The first-order valence-corrected chi connectivity index (χ1v) is 12.5. The first-order chi connectivity index (χ1) is 18.4. The highest BCUT2D eigenvalue weighted by Crippen LogP contribution is 2.53. The van der Waals surface area contributed by atoms with Crippen molar-refractivity contribution in [2.45, 2.75) is 24.8 Å². The minimum Gasteiger partial charge on any atom is -0.493 e. The maximum Gasteiger partial charge on any atom is 0.239 e. The molecule has 1 aliphatic heterocycles. The van der Waals surface area contributed by atoms with E-state index in [0.717, 1.165) is 33.3 Å². The monoisotopic (exact) mass is 511 g/mol. The zero-order valence-corrected chi connectivity index (χ0v) is 21.5. The van der Waals surface area contributed by atoms with E-state index in [-0.39, 0.29) is 24.3 Å². The lowest BCUT2D eigenvalue weighted by Gasteiger charge is -2.30. The number of nitrogens with zero attached hydrogens (tertiary/aromatic N) is 1. The molecule has 1 saturated heterocycles. The van der Waals surface area contributed by atoms with Crippen molar-refractivity contribution < 1.29 is 23.8 Å². The van der Waals surface area contributed by atoms with Crippen LogP contribution in [0, 0.1) is 5.92 Å². The van der Waals surface area contributed by atoms with Crippen LogP contribution in [0.1, 0.15) is 40.6 Å². The van der Waals surface area contributed by atoms with Gasteiger partial charge in [-0.25, -0.2) is 0 Å². The zero-order valence-electron chi connectivity index (χ0n) is 21.5. The van der Waals surface area contributed by atoms with Gasteiger partial charge in [-0.1, -0.05) is 30.3 Å². The number of nitrogens with one attached hydrogen (secondary N) is 1. The summed E-state index contributed by atoms with van der Waals surface area (Å²) in [7, 11) is 4.72. The van der Waals surface area contributed by atoms with Crippen LogP contribution in [0.5, 0.6) is 17.2 Å². The van der Waals surface area contributed by atoms with Gasteiger partial charge in [0.05, 0.1) is 39.7 Å². The predicted octanol–water partition coefficient (Wildman–Crippen LogP) is 4.58. The maximum atomic E-state index is 13.8. The molecule has 8 heteroatoms. The lowest BCUT2D eigenvalue weighted by molar-refractivity contribution is -0.140. The molecule has 2 amide bonds. The van der Waals surface area contributed by atoms with Gasteiger partial charge in [-0.15, -0.1) is 0 Å². The van der Waals surface area contributed by atoms with Crippen LogP contribution in [-0.4, -0.2) is 43.0 Å². The van der Waals surface area contributed by atoms with Gasteiger partial charge in [0.15, 0.2) is 11.5 Å². The van der Waals surface area contributed by atoms with Gasteiger partial charge in [-0.2, -0.15) is 0 Å². The van der Waals surface area contributed by atoms with Gasteiger partial charge in [0.2, 0.25) is 17.6 Å². The standard InChI is InChI=1S/C30H29N3O5/c1-36-23-11-17(12-24(37-2)28(23)38-3)19-14-21-26(27-25(19)20-13-18(31)9-10-22(20)32-27)30(35)33(29(21)34)15-16-7-5-4-6-8-16/h4-13,19,21,26,32H,14-15,31H2,1-3H3/t19-,21-,26-/m1/s1. The zero-order chi connectivity index (χ0) is 26.6. The second-order valence-corrected chi connectivity index (χ2v) is 9.84. The van der Waals surface area contributed by atoms with Crippen LogP contribution in [0.2, 0.25) is 0 Å². The molecule has 2 aliphatic rings. The molecule has 0 saturated carbocycles. The lowest BCUT2D eigenvalue weighted by atomic mass is 9.71. The van der Waals surface area contributed by atoms with Crippen molar-refractivity contribution in [3.05, 3.63) is 83.0 Å². The van der Waals surface area contributed by atoms with Gasteiger partial charge >= 0.3 is 0 Å². The van der Waals surface area contributed by atoms with E-state index >= 15 is 0 Å². The second-order valence-electron chi connectivity index (χ2n) is 9.84. The molecule has 1 fully saturated rings. The number of carbonyl (C=O) groups is 2. The topological polar surface area (TPSA) is 107 Å². The fourth-order valence-corrected chi connectivity index (χ4v) is 6.12. The van der Waals surface area contributed by atoms with Crippen LogP contribution in [0.3, 0.4) is 0 Å². The van der Waals surface area contributed by atoms with E-state index in [1.165, 1.54) is 4.90 Å². The van der Waals surface area contributed by atoms with E-state index in [0.29, 0.717) is 29.4 Å². The summed E-state index contributed by atoms with van der Waals surface area (Å²) in [6, 6.07) is 19.1. The summed E-state index contributed by atoms with van der Waals surface area (Å²) in [6.07, 6.45) is 0.466. The van der Waals surface area contributed by atoms with Gasteiger partial charge < -0.3 is 24.9 Å². The number of hydrogen-bond acceptors (Lipinski definition) is 6. The number of aromatic amines is 1. The fraction of sp³-hybridized carbons (Fsp3) is 0.267. The maximum absolute atomic E-state index is 13.8. The summed E-state index contributed by atoms with van der Waals surface area (Å²) in [6.45, 7) is 0.253. The van der Waals surface area contributed by atoms with Crippen molar-refractivity contribution in [2.75, 3.05) is 27.1 Å². The van der Waals surface area contributed by atoms with E-state index in [4.69, 9.17) is 19.9 Å². The number of rotatable bonds is 6. The summed E-state index contributed by atoms with van der Waals surface area (Å²) >= 11 is 0. The molecule has 0 spiro atoms. The van der Waals surface area contributed by atoms with Crippen molar-refractivity contribution in [1.82, 2.24) is 9.88 Å². The second kappa shape index (κ2) is 9.13. The van der Waals surface area contributed by atoms with Gasteiger partial charge in [0, 0.05) is 28.2 Å². The summed E-state index contributed by atoms with van der Waals surface area (Å²) in [5, 5.41) is 0.943. The predicted molar refractivity (Wildman–Crippen MR) is 143 cm³/mol. The van der Waals surface area contributed by atoms with Crippen molar-refractivity contribution in [3.63, 3.8) is 0 Å². The Labute approximate surface area is 220 Å². The first kappa shape index (κ1) is 23.9. The molecule has 4 aromatic rings. The fourth-order valence-electron chi connectivity index (χ4n) is 6.12. The normalized spacial score (nSPS) is 20.4. The number of likely N-dealkylation sites (tertiary alicyclic amines) is 1. The molecule has 2 heterocycles. The van der Waals surface area contributed by atoms with E-state index in [9.17, 15) is 9.59 Å². The average Bonchev–Trinajstić information content (AvgIpc) is 3.42. The number of hydrogen-bond donors (Lipinski definition) is 2. The van der Waals surface area contributed by atoms with Gasteiger partial charge in [0.1, 0.15) is 0 Å². The summed E-state index contributed by atoms with van der Waals surface area (Å²) in [5.74, 6) is -0.0332. The Balaban J connectivity index is 1.52. The largest absolute Gasteiger partial charge is 0.493 e. The molecule has 3 atom stereocenters. The summed E-state index contributed by atoms with van der Waals surface area (Å²) < 4.78 is 16.8. The molecule has 8 nitrogen and oxygen atoms in total. The van der Waals surface area contributed by atoms with Crippen molar-refractivity contribution in [2.24, 2.45) is 5.92 Å². The van der Waals surface area contributed by atoms with Crippen molar-refractivity contribution >= 4 is 28.4 Å². The third kappa shape index (κ3) is 3.59. The SMILES string of the molecule is COc1cc([C@H]2C[C@H]3C(=O)N(Cc4ccccc4)C(=O)[C@H]3c3[nH]c4ccc(N)cc4c32)cc(OC)c1OC. The Morgan fingerprint density at radius 3 is 2.29 bits per heavy atom. The lowest BCUT2D eigenvalue weighted by Crippen LogP contribution is -2.30. The molecule has 0 radical (unpaired) electrons. The molecule has 3 aromatic carbocycles. The van der Waals surface area contributed by atoms with Crippen LogP contribution >= 0.6 is 0 Å². The van der Waals surface area contributed by atoms with Gasteiger partial charge in [-0.05, 0) is 53.4 Å². The molecule has 0 bridgehead atoms. The van der Waals surface area contributed by atoms with E-state index in [2.05, 4.69) is 4.98 Å². The Kier molecular flexibility index (Phi) is 5.75. The number of methoxy groups -OCH3 is 3. The van der Waals surface area contributed by atoms with E-state index in [1.807, 2.05) is 60.7 Å².